The van der Waals surface area contributed by atoms with Crippen LogP contribution in [-0.4, -0.2) is 4.98 Å². The monoisotopic (exact) mass is 370 g/mol. The molecule has 0 spiro atoms. The summed E-state index contributed by atoms with van der Waals surface area (Å²) >= 11 is 0. The first-order valence-corrected chi connectivity index (χ1v) is 3.20. The van der Waals surface area contributed by atoms with E-state index in [1.807, 2.05) is 0 Å². The van der Waals surface area contributed by atoms with Gasteiger partial charge in [-0.25, -0.2) is 0 Å². The number of aromatic nitrogens is 1. The molecule has 2 rings (SSSR count). The Bertz CT molecular complexity index is 658. The fourth-order valence-electron chi connectivity index (χ4n) is 0.717. The zero-order valence-corrected chi connectivity index (χ0v) is 9.68. The van der Waals surface area contributed by atoms with Crippen LogP contribution in [0.3, 0.4) is 0 Å². The van der Waals surface area contributed by atoms with Crippen molar-refractivity contribution in [2.75, 3.05) is 0 Å². The Kier molecular flexibility index (Phi) is 2.17. The van der Waals surface area contributed by atoms with E-state index in [1.165, 1.54) is 0 Å². The van der Waals surface area contributed by atoms with Crippen LogP contribution in [-0.2, 0) is 20.1 Å². The second-order valence-corrected chi connectivity index (χ2v) is 1.95. The molecule has 0 aliphatic rings. The van der Waals surface area contributed by atoms with Crippen LogP contribution in [0.2, 0.25) is 0 Å². The summed E-state index contributed by atoms with van der Waals surface area (Å²) in [6.45, 7) is 0. The Morgan fingerprint density at radius 1 is 1.14 bits per heavy atom. The van der Waals surface area contributed by atoms with E-state index in [9.17, 15) is 0 Å². The summed E-state index contributed by atoms with van der Waals surface area (Å²) in [7, 11) is 0. The minimum atomic E-state index is -0.526. The summed E-state index contributed by atoms with van der Waals surface area (Å²) in [5, 5.41) is 0. The zero-order valence-electron chi connectivity index (χ0n) is 15.3. The molecule has 75 valence electrons. The van der Waals surface area contributed by atoms with E-state index in [-0.39, 0.29) is 38.8 Å². The molecule has 0 saturated heterocycles. The molecule has 0 aliphatic carbocycles. The van der Waals surface area contributed by atoms with Crippen LogP contribution in [0.5, 0.6) is 0 Å². The summed E-state index contributed by atoms with van der Waals surface area (Å²) in [5.41, 5.74) is -0.425. The first-order valence-electron chi connectivity index (χ1n) is 7.20. The molecule has 1 heterocycles. The summed E-state index contributed by atoms with van der Waals surface area (Å²) in [6, 6.07) is -0.925. The molecule has 14 heavy (non-hydrogen) atoms. The Morgan fingerprint density at radius 2 is 1.93 bits per heavy atom. The number of nitrogens with zero attached hydrogens (tertiary/aromatic N) is 1. The molecular weight excluding hydrogens is 350 g/mol. The van der Waals surface area contributed by atoms with Gasteiger partial charge in [-0.3, -0.25) is 0 Å². The Balaban J connectivity index is 0.00000220. The van der Waals surface area contributed by atoms with E-state index in [2.05, 4.69) is 11.1 Å². The Morgan fingerprint density at radius 3 is 2.79 bits per heavy atom. The number of pyridine rings is 1. The minimum absolute atomic E-state index is 0. The molecule has 0 bridgehead atoms. The summed E-state index contributed by atoms with van der Waals surface area (Å²) in [6.07, 6.45) is -0.526. The van der Waals surface area contributed by atoms with Crippen molar-refractivity contribution in [3.63, 3.8) is 0 Å². The van der Waals surface area contributed by atoms with Gasteiger partial charge >= 0.3 is 0 Å². The molecule has 2 heteroatoms. The Hall–Kier alpha value is -0.981. The van der Waals surface area contributed by atoms with Gasteiger partial charge in [0.25, 0.3) is 0 Å². The van der Waals surface area contributed by atoms with Gasteiger partial charge in [-0.05, 0) is 14.5 Å². The van der Waals surface area contributed by atoms with Crippen LogP contribution >= 0.6 is 0 Å². The predicted molar refractivity (Wildman–Crippen MR) is 54.9 cm³/mol. The third kappa shape index (κ3) is 3.06. The number of hydrogen-bond donors (Lipinski definition) is 0. The van der Waals surface area contributed by atoms with Crippen LogP contribution in [0.1, 0.15) is 11.0 Å². The zero-order chi connectivity index (χ0) is 15.2. The van der Waals surface area contributed by atoms with Gasteiger partial charge in [0.1, 0.15) is 0 Å². The average molecular weight is 369 g/mol. The maximum Gasteiger partial charge on any atom is 0.0830 e. The van der Waals surface area contributed by atoms with E-state index in [1.54, 1.807) is 0 Å². The average Bonchev–Trinajstić information content (AvgIpc) is 2.42. The van der Waals surface area contributed by atoms with E-state index in [0.29, 0.717) is 0 Å². The molecule has 1 aromatic carbocycles. The van der Waals surface area contributed by atoms with Gasteiger partial charge in [0.2, 0.25) is 0 Å². The largest absolute Gasteiger partial charge is 0.358 e. The van der Waals surface area contributed by atoms with Crippen LogP contribution in [0.25, 0.3) is 11.3 Å². The number of benzene rings is 1. The van der Waals surface area contributed by atoms with Gasteiger partial charge in [0.05, 0.1) is 5.48 Å². The van der Waals surface area contributed by atoms with Crippen LogP contribution < -0.4 is 0 Å². The van der Waals surface area contributed by atoms with Gasteiger partial charge < -0.3 is 12.4 Å². The maximum absolute atomic E-state index is 7.75. The van der Waals surface area contributed by atoms with Gasteiger partial charge in [0.15, 0.2) is 0 Å². The molecule has 0 N–H and O–H groups in total. The maximum atomic E-state index is 7.75. The summed E-state index contributed by atoms with van der Waals surface area (Å²) in [4.78, 5) is 3.67. The van der Waals surface area contributed by atoms with Gasteiger partial charge in [-0.15, -0.1) is 35.8 Å². The molecule has 1 aromatic heterocycles. The van der Waals surface area contributed by atoms with Crippen molar-refractivity contribution in [1.82, 2.24) is 4.98 Å². The quantitative estimate of drug-likeness (QED) is 0.705. The van der Waals surface area contributed by atoms with Crippen molar-refractivity contribution < 1.29 is 31.1 Å². The molecule has 0 atom stereocenters. The molecular formula is C12H11IrN-2. The minimum Gasteiger partial charge on any atom is -0.358 e. The SMILES string of the molecule is [2H]c1[c-]c(-c2nc([2H])c([2H])c([2H])c2[2H])c([2H])c([2H])c1[2H].[CH3-].[Ir]. The summed E-state index contributed by atoms with van der Waals surface area (Å²) < 4.78 is 60.4. The molecule has 0 amide bonds. The molecule has 1 radical (unpaired) electrons. The number of hydrogen-bond acceptors (Lipinski definition) is 1. The van der Waals surface area contributed by atoms with E-state index >= 15 is 0 Å². The molecule has 0 unspecified atom stereocenters. The van der Waals surface area contributed by atoms with E-state index in [0.717, 1.165) is 0 Å². The smallest absolute Gasteiger partial charge is 0.0830 e. The van der Waals surface area contributed by atoms with Gasteiger partial charge in [-0.1, -0.05) is 12.1 Å². The fraction of sp³-hybridized carbons (Fsp3) is 0. The first kappa shape index (κ1) is 4.69. The van der Waals surface area contributed by atoms with E-state index < -0.39 is 48.5 Å². The van der Waals surface area contributed by atoms with E-state index in [4.69, 9.17) is 11.0 Å². The summed E-state index contributed by atoms with van der Waals surface area (Å²) in [5.74, 6) is 0. The normalized spacial score (nSPS) is 16.3. The van der Waals surface area contributed by atoms with Crippen LogP contribution in [0.4, 0.5) is 0 Å². The van der Waals surface area contributed by atoms with Crippen molar-refractivity contribution in [1.29, 1.82) is 0 Å². The molecule has 0 saturated carbocycles. The second-order valence-electron chi connectivity index (χ2n) is 1.95. The van der Waals surface area contributed by atoms with Crippen molar-refractivity contribution >= 4 is 0 Å². The molecule has 0 aliphatic heterocycles. The van der Waals surface area contributed by atoms with Crippen LogP contribution in [0, 0.1) is 13.5 Å². The number of rotatable bonds is 1. The van der Waals surface area contributed by atoms with Crippen molar-refractivity contribution in [2.24, 2.45) is 0 Å². The molecule has 1 nitrogen and oxygen atoms in total. The fourth-order valence-corrected chi connectivity index (χ4v) is 0.717. The standard InChI is InChI=1S/C11H8N.CH3.Ir/c1-2-6-10(7-3-1)11-8-4-5-9-12-11;;/h1-6,8-9H;1H3;/q2*-1;/i1D,2D,3D,4D,5D,6D,8D,9D;;. The second kappa shape index (κ2) is 6.47. The van der Waals surface area contributed by atoms with Crippen molar-refractivity contribution in [2.45, 2.75) is 0 Å². The van der Waals surface area contributed by atoms with Crippen LogP contribution in [0.15, 0.2) is 48.5 Å². The Labute approximate surface area is 110 Å². The molecule has 2 aromatic rings. The first-order chi connectivity index (χ1) is 9.25. The van der Waals surface area contributed by atoms with Gasteiger partial charge in [-0.2, -0.15) is 0 Å². The third-order valence-electron chi connectivity index (χ3n) is 1.20. The van der Waals surface area contributed by atoms with Gasteiger partial charge in [0, 0.05) is 29.0 Å². The molecule has 0 fully saturated rings. The predicted octanol–water partition coefficient (Wildman–Crippen LogP) is 3.00. The third-order valence-corrected chi connectivity index (χ3v) is 1.20. The van der Waals surface area contributed by atoms with Crippen molar-refractivity contribution in [3.05, 3.63) is 62.0 Å². The topological polar surface area (TPSA) is 12.9 Å². The van der Waals surface area contributed by atoms with Crippen molar-refractivity contribution in [3.8, 4) is 11.3 Å².